The molecule has 1 unspecified atom stereocenters. The molecule has 0 spiro atoms. The van der Waals surface area contributed by atoms with Crippen LogP contribution < -0.4 is 10.6 Å². The van der Waals surface area contributed by atoms with Gasteiger partial charge in [-0.2, -0.15) is 0 Å². The molecule has 0 aromatic heterocycles. The van der Waals surface area contributed by atoms with Gasteiger partial charge in [0.05, 0.1) is 12.6 Å². The number of methoxy groups -OCH3 is 1. The fourth-order valence-corrected chi connectivity index (χ4v) is 2.19. The number of urea groups is 1. The van der Waals surface area contributed by atoms with Crippen LogP contribution in [0.15, 0.2) is 0 Å². The highest BCUT2D eigenvalue weighted by molar-refractivity contribution is 5.74. The Morgan fingerprint density at radius 3 is 2.24 bits per heavy atom. The molecule has 0 aliphatic carbocycles. The first-order chi connectivity index (χ1) is 9.76. The van der Waals surface area contributed by atoms with E-state index in [0.29, 0.717) is 19.1 Å². The molecule has 124 valence electrons. The SMILES string of the molecule is COCC(NC(=O)NC[C@H](CC(=O)O)CC(C)C)C(C)C. The van der Waals surface area contributed by atoms with Crippen molar-refractivity contribution in [2.75, 3.05) is 20.3 Å². The quantitative estimate of drug-likeness (QED) is 0.576. The molecule has 0 radical (unpaired) electrons. The van der Waals surface area contributed by atoms with E-state index in [9.17, 15) is 9.59 Å². The number of nitrogens with one attached hydrogen (secondary N) is 2. The van der Waals surface area contributed by atoms with Gasteiger partial charge in [-0.1, -0.05) is 27.7 Å². The second-order valence-electron chi connectivity index (χ2n) is 6.25. The van der Waals surface area contributed by atoms with Crippen LogP contribution in [0.4, 0.5) is 4.79 Å². The first-order valence-corrected chi connectivity index (χ1v) is 7.51. The van der Waals surface area contributed by atoms with Gasteiger partial charge in [-0.05, 0) is 24.2 Å². The van der Waals surface area contributed by atoms with Gasteiger partial charge in [0.25, 0.3) is 0 Å². The number of hydrogen-bond acceptors (Lipinski definition) is 3. The number of carbonyl (C=O) groups is 2. The molecule has 3 N–H and O–H groups in total. The molecule has 0 aliphatic heterocycles. The van der Waals surface area contributed by atoms with Gasteiger partial charge >= 0.3 is 12.0 Å². The topological polar surface area (TPSA) is 87.7 Å². The molecule has 21 heavy (non-hydrogen) atoms. The van der Waals surface area contributed by atoms with Crippen LogP contribution in [0.3, 0.4) is 0 Å². The predicted molar refractivity (Wildman–Crippen MR) is 82.2 cm³/mol. The van der Waals surface area contributed by atoms with Gasteiger partial charge in [0.1, 0.15) is 0 Å². The average molecular weight is 302 g/mol. The lowest BCUT2D eigenvalue weighted by atomic mass is 9.94. The van der Waals surface area contributed by atoms with Crippen LogP contribution in [-0.4, -0.2) is 43.4 Å². The Labute approximate surface area is 127 Å². The molecular weight excluding hydrogens is 272 g/mol. The van der Waals surface area contributed by atoms with E-state index in [1.54, 1.807) is 7.11 Å². The number of carboxylic acids is 1. The molecule has 2 amide bonds. The van der Waals surface area contributed by atoms with E-state index in [1.165, 1.54) is 0 Å². The van der Waals surface area contributed by atoms with E-state index in [1.807, 2.05) is 27.7 Å². The van der Waals surface area contributed by atoms with Crippen LogP contribution in [0, 0.1) is 17.8 Å². The zero-order chi connectivity index (χ0) is 16.4. The first-order valence-electron chi connectivity index (χ1n) is 7.51. The van der Waals surface area contributed by atoms with Gasteiger partial charge in [0, 0.05) is 20.1 Å². The highest BCUT2D eigenvalue weighted by Crippen LogP contribution is 2.14. The molecular formula is C15H30N2O4. The number of ether oxygens (including phenoxy) is 1. The lowest BCUT2D eigenvalue weighted by molar-refractivity contribution is -0.138. The van der Waals surface area contributed by atoms with Gasteiger partial charge in [-0.15, -0.1) is 0 Å². The summed E-state index contributed by atoms with van der Waals surface area (Å²) in [6.07, 6.45) is 0.850. The Morgan fingerprint density at radius 1 is 1.19 bits per heavy atom. The van der Waals surface area contributed by atoms with E-state index in [4.69, 9.17) is 9.84 Å². The van der Waals surface area contributed by atoms with Crippen molar-refractivity contribution in [2.24, 2.45) is 17.8 Å². The van der Waals surface area contributed by atoms with Crippen molar-refractivity contribution in [1.82, 2.24) is 10.6 Å². The number of carbonyl (C=O) groups excluding carboxylic acids is 1. The Hall–Kier alpha value is -1.30. The Kier molecular flexibility index (Phi) is 9.78. The summed E-state index contributed by atoms with van der Waals surface area (Å²) in [7, 11) is 1.60. The maximum Gasteiger partial charge on any atom is 0.315 e. The number of amides is 2. The smallest absolute Gasteiger partial charge is 0.315 e. The van der Waals surface area contributed by atoms with Crippen molar-refractivity contribution < 1.29 is 19.4 Å². The van der Waals surface area contributed by atoms with Gasteiger partial charge in [-0.3, -0.25) is 4.79 Å². The molecule has 0 bridgehead atoms. The third-order valence-corrected chi connectivity index (χ3v) is 3.29. The van der Waals surface area contributed by atoms with Crippen molar-refractivity contribution in [3.8, 4) is 0 Å². The van der Waals surface area contributed by atoms with E-state index < -0.39 is 5.97 Å². The average Bonchev–Trinajstić information content (AvgIpc) is 2.34. The van der Waals surface area contributed by atoms with Crippen molar-refractivity contribution in [3.63, 3.8) is 0 Å². The maximum atomic E-state index is 11.9. The third-order valence-electron chi connectivity index (χ3n) is 3.29. The van der Waals surface area contributed by atoms with Gasteiger partial charge in [0.2, 0.25) is 0 Å². The molecule has 0 aromatic carbocycles. The largest absolute Gasteiger partial charge is 0.481 e. The second-order valence-corrected chi connectivity index (χ2v) is 6.25. The normalized spacial score (nSPS) is 14.0. The monoisotopic (exact) mass is 302 g/mol. The fraction of sp³-hybridized carbons (Fsp3) is 0.867. The van der Waals surface area contributed by atoms with Crippen LogP contribution in [0.25, 0.3) is 0 Å². The zero-order valence-electron chi connectivity index (χ0n) is 13.8. The molecule has 0 aliphatic rings. The van der Waals surface area contributed by atoms with Gasteiger partial charge in [-0.25, -0.2) is 4.79 Å². The van der Waals surface area contributed by atoms with E-state index in [-0.39, 0.29) is 30.3 Å². The highest BCUT2D eigenvalue weighted by Gasteiger charge is 2.18. The number of rotatable bonds is 10. The summed E-state index contributed by atoms with van der Waals surface area (Å²) in [5, 5.41) is 14.5. The van der Waals surface area contributed by atoms with Crippen LogP contribution in [0.1, 0.15) is 40.5 Å². The van der Waals surface area contributed by atoms with E-state index in [0.717, 1.165) is 6.42 Å². The fourth-order valence-electron chi connectivity index (χ4n) is 2.19. The minimum atomic E-state index is -0.831. The lowest BCUT2D eigenvalue weighted by Gasteiger charge is -2.23. The summed E-state index contributed by atoms with van der Waals surface area (Å²) >= 11 is 0. The minimum Gasteiger partial charge on any atom is -0.481 e. The minimum absolute atomic E-state index is 0.0480. The third kappa shape index (κ3) is 10.1. The van der Waals surface area contributed by atoms with Crippen LogP contribution in [0.2, 0.25) is 0 Å². The maximum absolute atomic E-state index is 11.9. The molecule has 0 saturated heterocycles. The van der Waals surface area contributed by atoms with Crippen LogP contribution in [0.5, 0.6) is 0 Å². The van der Waals surface area contributed by atoms with Crippen LogP contribution >= 0.6 is 0 Å². The second kappa shape index (κ2) is 10.4. The number of hydrogen-bond donors (Lipinski definition) is 3. The lowest BCUT2D eigenvalue weighted by Crippen LogP contribution is -2.47. The first kappa shape index (κ1) is 19.7. The molecule has 0 saturated carbocycles. The molecule has 0 heterocycles. The number of aliphatic carboxylic acids is 1. The van der Waals surface area contributed by atoms with E-state index >= 15 is 0 Å². The van der Waals surface area contributed by atoms with Crippen molar-refractivity contribution >= 4 is 12.0 Å². The molecule has 6 nitrogen and oxygen atoms in total. The highest BCUT2D eigenvalue weighted by atomic mass is 16.5. The van der Waals surface area contributed by atoms with E-state index in [2.05, 4.69) is 10.6 Å². The molecule has 0 fully saturated rings. The molecule has 0 aromatic rings. The molecule has 6 heteroatoms. The van der Waals surface area contributed by atoms with Crippen molar-refractivity contribution in [2.45, 2.75) is 46.6 Å². The summed E-state index contributed by atoms with van der Waals surface area (Å²) in [4.78, 5) is 22.7. The summed E-state index contributed by atoms with van der Waals surface area (Å²) in [5.74, 6) is -0.215. The summed E-state index contributed by atoms with van der Waals surface area (Å²) < 4.78 is 5.08. The number of carboxylic acid groups (broad SMARTS) is 1. The van der Waals surface area contributed by atoms with Crippen LogP contribution in [-0.2, 0) is 9.53 Å². The Bertz CT molecular complexity index is 319. The molecule has 2 atom stereocenters. The van der Waals surface area contributed by atoms with Crippen molar-refractivity contribution in [1.29, 1.82) is 0 Å². The summed E-state index contributed by atoms with van der Waals surface area (Å²) in [5.41, 5.74) is 0. The Balaban J connectivity index is 4.30. The summed E-state index contributed by atoms with van der Waals surface area (Å²) in [6, 6.07) is -0.331. The van der Waals surface area contributed by atoms with Gasteiger partial charge < -0.3 is 20.5 Å². The molecule has 0 rings (SSSR count). The van der Waals surface area contributed by atoms with Gasteiger partial charge in [0.15, 0.2) is 0 Å². The van der Waals surface area contributed by atoms with Crippen molar-refractivity contribution in [3.05, 3.63) is 0 Å². The predicted octanol–water partition coefficient (Wildman–Crippen LogP) is 2.09. The summed E-state index contributed by atoms with van der Waals surface area (Å²) in [6.45, 7) is 8.93. The zero-order valence-corrected chi connectivity index (χ0v) is 13.8. The standard InChI is InChI=1S/C15H30N2O4/c1-10(2)6-12(7-14(18)19)8-16-15(20)17-13(9-21-5)11(3)4/h10-13H,6-9H2,1-5H3,(H,18,19)(H2,16,17,20)/t12-,13?/m0/s1. The Morgan fingerprint density at radius 2 is 1.81 bits per heavy atom.